The Hall–Kier alpha value is -4.80. The van der Waals surface area contributed by atoms with Crippen molar-refractivity contribution < 1.29 is 80.2 Å². The number of aliphatic hydroxyl groups is 1. The first-order valence-electron chi connectivity index (χ1n) is 38.4. The Morgan fingerprint density at radius 2 is 0.520 bits per heavy atom. The van der Waals surface area contributed by atoms with Gasteiger partial charge < -0.3 is 33.8 Å². The predicted octanol–water partition coefficient (Wildman–Crippen LogP) is 22.1. The van der Waals surface area contributed by atoms with Gasteiger partial charge in [-0.3, -0.25) is 37.3 Å². The van der Waals surface area contributed by atoms with Crippen LogP contribution in [-0.4, -0.2) is 96.7 Å². The van der Waals surface area contributed by atoms with Crippen LogP contribution in [0.2, 0.25) is 0 Å². The molecule has 0 spiro atoms. The summed E-state index contributed by atoms with van der Waals surface area (Å²) in [6.07, 6.45) is 80.2. The van der Waals surface area contributed by atoms with Crippen LogP contribution in [-0.2, 0) is 65.4 Å². The highest BCUT2D eigenvalue weighted by atomic mass is 31.2. The Morgan fingerprint density at radius 1 is 0.290 bits per heavy atom. The topological polar surface area (TPSA) is 237 Å². The minimum atomic E-state index is -4.99. The number of rotatable bonds is 71. The van der Waals surface area contributed by atoms with Gasteiger partial charge in [0.2, 0.25) is 0 Å². The van der Waals surface area contributed by atoms with E-state index >= 15 is 0 Å². The van der Waals surface area contributed by atoms with E-state index in [2.05, 4.69) is 161 Å². The first-order chi connectivity index (χ1) is 48.7. The third-order valence-electron chi connectivity index (χ3n) is 15.6. The monoisotopic (exact) mass is 1440 g/mol. The number of unbranched alkanes of at least 4 members (excludes halogenated alkanes) is 23. The summed E-state index contributed by atoms with van der Waals surface area (Å²) in [7, 11) is -9.97. The van der Waals surface area contributed by atoms with Crippen molar-refractivity contribution in [3.63, 3.8) is 0 Å². The highest BCUT2D eigenvalue weighted by molar-refractivity contribution is 7.47. The number of ether oxygens (including phenoxy) is 4. The summed E-state index contributed by atoms with van der Waals surface area (Å²) in [5.74, 6) is -2.25. The molecule has 3 N–H and O–H groups in total. The fraction of sp³-hybridized carbons (Fsp3) is 0.679. The maximum Gasteiger partial charge on any atom is 0.472 e. The van der Waals surface area contributed by atoms with E-state index < -0.39 is 97.5 Å². The van der Waals surface area contributed by atoms with Crippen molar-refractivity contribution in [2.24, 2.45) is 0 Å². The molecule has 0 aromatic rings. The molecule has 572 valence electrons. The lowest BCUT2D eigenvalue weighted by Gasteiger charge is -2.21. The van der Waals surface area contributed by atoms with E-state index in [-0.39, 0.29) is 25.7 Å². The van der Waals surface area contributed by atoms with Gasteiger partial charge in [0.05, 0.1) is 26.4 Å². The normalized spacial score (nSPS) is 14.7. The summed E-state index contributed by atoms with van der Waals surface area (Å²) < 4.78 is 68.4. The van der Waals surface area contributed by atoms with Gasteiger partial charge in [0.15, 0.2) is 12.2 Å². The van der Waals surface area contributed by atoms with Crippen molar-refractivity contribution in [1.82, 2.24) is 0 Å². The van der Waals surface area contributed by atoms with Gasteiger partial charge in [0, 0.05) is 25.7 Å². The smallest absolute Gasteiger partial charge is 0.462 e. The quantitative estimate of drug-likeness (QED) is 0.0169. The minimum absolute atomic E-state index is 0.0671. The summed E-state index contributed by atoms with van der Waals surface area (Å²) in [6.45, 7) is 4.49. The Morgan fingerprint density at radius 3 is 0.820 bits per heavy atom. The molecule has 19 heteroatoms. The van der Waals surface area contributed by atoms with Gasteiger partial charge in [-0.15, -0.1) is 0 Å². The molecule has 100 heavy (non-hydrogen) atoms. The molecule has 0 aliphatic rings. The van der Waals surface area contributed by atoms with Crippen LogP contribution in [0.15, 0.2) is 134 Å². The average Bonchev–Trinajstić information content (AvgIpc) is 1.06. The fourth-order valence-electron chi connectivity index (χ4n) is 9.73. The lowest BCUT2D eigenvalue weighted by atomic mass is 10.1. The first kappa shape index (κ1) is 95.2. The molecular weight excluding hydrogens is 1310 g/mol. The minimum Gasteiger partial charge on any atom is -0.462 e. The molecule has 0 saturated carbocycles. The maximum absolute atomic E-state index is 13.1. The largest absolute Gasteiger partial charge is 0.472 e. The average molecular weight is 1440 g/mol. The second-order valence-electron chi connectivity index (χ2n) is 25.2. The van der Waals surface area contributed by atoms with Gasteiger partial charge in [-0.05, 0) is 148 Å². The Labute approximate surface area is 605 Å². The molecule has 0 fully saturated rings. The van der Waals surface area contributed by atoms with E-state index in [0.29, 0.717) is 25.7 Å². The van der Waals surface area contributed by atoms with Crippen molar-refractivity contribution in [3.05, 3.63) is 134 Å². The third kappa shape index (κ3) is 71.6. The van der Waals surface area contributed by atoms with Crippen LogP contribution in [0, 0.1) is 0 Å². The molecule has 0 aromatic heterocycles. The zero-order chi connectivity index (χ0) is 73.2. The molecule has 0 amide bonds. The first-order valence-corrected chi connectivity index (χ1v) is 41.4. The summed E-state index contributed by atoms with van der Waals surface area (Å²) in [5, 5.41) is 10.6. The van der Waals surface area contributed by atoms with Crippen molar-refractivity contribution >= 4 is 39.5 Å². The molecule has 5 atom stereocenters. The van der Waals surface area contributed by atoms with E-state index in [4.69, 9.17) is 37.0 Å². The molecule has 0 aliphatic carbocycles. The summed E-state index contributed by atoms with van der Waals surface area (Å²) in [5.41, 5.74) is 0. The number of esters is 4. The highest BCUT2D eigenvalue weighted by Crippen LogP contribution is 2.45. The number of phosphoric acid groups is 2. The zero-order valence-electron chi connectivity index (χ0n) is 62.3. The van der Waals surface area contributed by atoms with Gasteiger partial charge in [-0.25, -0.2) is 9.13 Å². The fourth-order valence-corrected chi connectivity index (χ4v) is 11.3. The van der Waals surface area contributed by atoms with Gasteiger partial charge >= 0.3 is 39.5 Å². The van der Waals surface area contributed by atoms with Gasteiger partial charge in [0.25, 0.3) is 0 Å². The van der Waals surface area contributed by atoms with Crippen LogP contribution < -0.4 is 0 Å². The SMILES string of the molecule is CC/C=C\C/C=C\C/C=C\C/C=C\C/C=C\CCCCCC(=O)OCC(COP(=O)(O)OCC(O)COP(=O)(O)OCC(COC(=O)CCCCCCC/C=C\CCCC)OC(=O)CCCCCCC/C=C\CCCC)OC(=O)CCCCCCCC/C=C\C/C=C\C/C=C\C/C=C\CC. The lowest BCUT2D eigenvalue weighted by Crippen LogP contribution is -2.30. The van der Waals surface area contributed by atoms with Crippen LogP contribution in [0.4, 0.5) is 0 Å². The number of hydrogen-bond acceptors (Lipinski definition) is 15. The van der Waals surface area contributed by atoms with E-state index in [1.165, 1.54) is 25.7 Å². The van der Waals surface area contributed by atoms with Crippen LogP contribution in [0.3, 0.4) is 0 Å². The molecular formula is C81H136O17P2. The van der Waals surface area contributed by atoms with Crippen molar-refractivity contribution in [3.8, 4) is 0 Å². The van der Waals surface area contributed by atoms with Crippen LogP contribution in [0.5, 0.6) is 0 Å². The van der Waals surface area contributed by atoms with Crippen molar-refractivity contribution in [2.75, 3.05) is 39.6 Å². The standard InChI is InChI=1S/C81H136O17P2/c1-5-9-13-17-21-25-29-31-33-35-37-39-41-43-47-50-54-58-62-66-79(84)92-72-77(98-81(86)68-64-60-56-52-48-44-42-40-38-36-34-32-30-26-22-18-14-10-6-2)74-96-100(89,90)94-70-75(82)69-93-99(87,88)95-73-76(97-80(85)67-63-59-55-51-46-28-24-20-16-12-8-4)71-91-78(83)65-61-57-53-49-45-27-23-19-15-11-7-3/h9-10,13-14,19-26,31-34,37-40,43,47,75-77,82H,5-8,11-12,15-18,27-30,35-36,41-42,44-46,48-74H2,1-4H3,(H,87,88)(H,89,90)/b13-9-,14-10-,23-19-,24-20-,25-21-,26-22-,33-31-,34-32-,39-37-,40-38-,47-43-. The van der Waals surface area contributed by atoms with Gasteiger partial charge in [0.1, 0.15) is 19.3 Å². The van der Waals surface area contributed by atoms with Gasteiger partial charge in [-0.2, -0.15) is 0 Å². The number of hydrogen-bond donors (Lipinski definition) is 3. The Kier molecular flexibility index (Phi) is 69.1. The molecule has 5 unspecified atom stereocenters. The molecule has 0 aromatic carbocycles. The van der Waals surface area contributed by atoms with Crippen molar-refractivity contribution in [1.29, 1.82) is 0 Å². The molecule has 0 aliphatic heterocycles. The van der Waals surface area contributed by atoms with Crippen LogP contribution in [0.25, 0.3) is 0 Å². The zero-order valence-corrected chi connectivity index (χ0v) is 64.1. The van der Waals surface area contributed by atoms with E-state index in [0.717, 1.165) is 193 Å². The number of aliphatic hydroxyl groups excluding tert-OH is 1. The highest BCUT2D eigenvalue weighted by Gasteiger charge is 2.30. The van der Waals surface area contributed by atoms with E-state index in [1.54, 1.807) is 0 Å². The summed E-state index contributed by atoms with van der Waals surface area (Å²) >= 11 is 0. The number of carbonyl (C=O) groups is 4. The number of carbonyl (C=O) groups excluding carboxylic acids is 4. The summed E-state index contributed by atoms with van der Waals surface area (Å²) in [4.78, 5) is 72.8. The second kappa shape index (κ2) is 72.5. The molecule has 0 saturated heterocycles. The Bertz CT molecular complexity index is 2420. The lowest BCUT2D eigenvalue weighted by molar-refractivity contribution is -0.161. The molecule has 17 nitrogen and oxygen atoms in total. The molecule has 0 rings (SSSR count). The number of allylic oxidation sites excluding steroid dienone is 22. The van der Waals surface area contributed by atoms with Crippen molar-refractivity contribution in [2.45, 2.75) is 316 Å². The molecule has 0 radical (unpaired) electrons. The van der Waals surface area contributed by atoms with Gasteiger partial charge in [-0.1, -0.05) is 258 Å². The maximum atomic E-state index is 13.1. The number of phosphoric ester groups is 2. The molecule has 0 heterocycles. The van der Waals surface area contributed by atoms with Crippen LogP contribution in [0.1, 0.15) is 297 Å². The molecule has 0 bridgehead atoms. The summed E-state index contributed by atoms with van der Waals surface area (Å²) in [6, 6.07) is 0. The van der Waals surface area contributed by atoms with E-state index in [1.807, 2.05) is 0 Å². The van der Waals surface area contributed by atoms with E-state index in [9.17, 15) is 43.2 Å². The third-order valence-corrected chi connectivity index (χ3v) is 17.5. The Balaban J connectivity index is 5.39. The van der Waals surface area contributed by atoms with Crippen LogP contribution >= 0.6 is 15.6 Å². The second-order valence-corrected chi connectivity index (χ2v) is 28.1. The predicted molar refractivity (Wildman–Crippen MR) is 408 cm³/mol.